The fourth-order valence-electron chi connectivity index (χ4n) is 3.01. The monoisotopic (exact) mass is 437 g/mol. The molecule has 29 heavy (non-hydrogen) atoms. The van der Waals surface area contributed by atoms with Crippen molar-refractivity contribution in [1.29, 1.82) is 0 Å². The Labute approximate surface area is 176 Å². The minimum absolute atomic E-state index is 0.140. The molecule has 3 rings (SSSR count). The van der Waals surface area contributed by atoms with Crippen LogP contribution in [-0.2, 0) is 19.1 Å². The molecule has 0 fully saturated rings. The first-order valence-corrected chi connectivity index (χ1v) is 10.2. The van der Waals surface area contributed by atoms with Gasteiger partial charge in [0.2, 0.25) is 0 Å². The Kier molecular flexibility index (Phi) is 6.65. The summed E-state index contributed by atoms with van der Waals surface area (Å²) < 4.78 is 38.5. The van der Waals surface area contributed by atoms with Gasteiger partial charge in [0.15, 0.2) is 0 Å². The predicted octanol–water partition coefficient (Wildman–Crippen LogP) is 6.69. The molecular formula is C22H19ClF3NOS. The Morgan fingerprint density at radius 1 is 1.07 bits per heavy atom. The summed E-state index contributed by atoms with van der Waals surface area (Å²) in [6, 6.07) is 15.4. The minimum atomic E-state index is -4.43. The summed E-state index contributed by atoms with van der Waals surface area (Å²) in [6.45, 7) is 2.28. The lowest BCUT2D eigenvalue weighted by Gasteiger charge is -2.29. The zero-order valence-corrected chi connectivity index (χ0v) is 17.2. The molecule has 1 atom stereocenters. The van der Waals surface area contributed by atoms with E-state index in [9.17, 15) is 18.0 Å². The number of carbonyl (C=O) groups is 1. The molecule has 0 saturated heterocycles. The van der Waals surface area contributed by atoms with E-state index in [1.807, 2.05) is 36.6 Å². The quantitative estimate of drug-likeness (QED) is 0.420. The van der Waals surface area contributed by atoms with E-state index in [0.29, 0.717) is 18.0 Å². The Morgan fingerprint density at radius 3 is 2.28 bits per heavy atom. The molecule has 0 saturated carbocycles. The highest BCUT2D eigenvalue weighted by Crippen LogP contribution is 2.29. The molecule has 1 unspecified atom stereocenters. The molecule has 1 aromatic heterocycles. The number of halogens is 4. The molecule has 0 aliphatic rings. The highest BCUT2D eigenvalue weighted by Gasteiger charge is 2.31. The zero-order valence-electron chi connectivity index (χ0n) is 15.6. The Balaban J connectivity index is 1.86. The van der Waals surface area contributed by atoms with Gasteiger partial charge in [-0.3, -0.25) is 4.79 Å². The summed E-state index contributed by atoms with van der Waals surface area (Å²) >= 11 is 7.55. The SMILES string of the molecule is CC(Cc1cccs1)N(Cc1ccc(Cl)cc1)C(=O)c1ccc(C(F)(F)F)cc1. The van der Waals surface area contributed by atoms with Gasteiger partial charge in [-0.25, -0.2) is 0 Å². The summed E-state index contributed by atoms with van der Waals surface area (Å²) in [5.41, 5.74) is 0.350. The normalized spacial score (nSPS) is 12.6. The maximum Gasteiger partial charge on any atom is 0.416 e. The summed E-state index contributed by atoms with van der Waals surface area (Å²) in [5, 5.41) is 2.57. The van der Waals surface area contributed by atoms with Crippen molar-refractivity contribution in [3.63, 3.8) is 0 Å². The average Bonchev–Trinajstić information content (AvgIpc) is 3.19. The highest BCUT2D eigenvalue weighted by molar-refractivity contribution is 7.09. The third-order valence-electron chi connectivity index (χ3n) is 4.59. The van der Waals surface area contributed by atoms with Gasteiger partial charge < -0.3 is 4.90 Å². The smallest absolute Gasteiger partial charge is 0.331 e. The van der Waals surface area contributed by atoms with Gasteiger partial charge >= 0.3 is 6.18 Å². The fourth-order valence-corrected chi connectivity index (χ4v) is 3.96. The van der Waals surface area contributed by atoms with Gasteiger partial charge in [-0.05, 0) is 60.3 Å². The van der Waals surface area contributed by atoms with E-state index in [0.717, 1.165) is 22.6 Å². The van der Waals surface area contributed by atoms with Crippen LogP contribution in [0.4, 0.5) is 13.2 Å². The first-order chi connectivity index (χ1) is 13.7. The van der Waals surface area contributed by atoms with E-state index in [4.69, 9.17) is 11.6 Å². The number of carbonyl (C=O) groups excluding carboxylic acids is 1. The lowest BCUT2D eigenvalue weighted by atomic mass is 10.1. The fraction of sp³-hybridized carbons (Fsp3) is 0.227. The molecule has 2 aromatic carbocycles. The number of nitrogens with zero attached hydrogens (tertiary/aromatic N) is 1. The van der Waals surface area contributed by atoms with Gasteiger partial charge in [-0.2, -0.15) is 13.2 Å². The molecule has 0 aliphatic carbocycles. The Hall–Kier alpha value is -2.31. The molecule has 0 spiro atoms. The van der Waals surface area contributed by atoms with Crippen LogP contribution in [0.25, 0.3) is 0 Å². The lowest BCUT2D eigenvalue weighted by Crippen LogP contribution is -2.39. The van der Waals surface area contributed by atoms with Crippen LogP contribution >= 0.6 is 22.9 Å². The standard InChI is InChI=1S/C22H19ClF3NOS/c1-15(13-20-3-2-12-29-20)27(14-16-4-10-19(23)11-5-16)21(28)17-6-8-18(9-7-17)22(24,25)26/h2-12,15H,13-14H2,1H3. The molecule has 0 bridgehead atoms. The molecule has 7 heteroatoms. The van der Waals surface area contributed by atoms with Crippen molar-refractivity contribution in [3.05, 3.63) is 92.6 Å². The average molecular weight is 438 g/mol. The molecule has 3 aromatic rings. The number of hydrogen-bond acceptors (Lipinski definition) is 2. The molecule has 0 N–H and O–H groups in total. The first-order valence-electron chi connectivity index (χ1n) is 8.99. The van der Waals surface area contributed by atoms with Crippen molar-refractivity contribution in [2.45, 2.75) is 32.1 Å². The van der Waals surface area contributed by atoms with Gasteiger partial charge in [0.05, 0.1) is 5.56 Å². The van der Waals surface area contributed by atoms with Gasteiger partial charge in [0.1, 0.15) is 0 Å². The van der Waals surface area contributed by atoms with Crippen molar-refractivity contribution in [3.8, 4) is 0 Å². The topological polar surface area (TPSA) is 20.3 Å². The number of hydrogen-bond donors (Lipinski definition) is 0. The summed E-state index contributed by atoms with van der Waals surface area (Å²) in [7, 11) is 0. The second-order valence-electron chi connectivity index (χ2n) is 6.77. The zero-order chi connectivity index (χ0) is 21.0. The third-order valence-corrected chi connectivity index (χ3v) is 5.75. The van der Waals surface area contributed by atoms with Crippen LogP contribution in [0.1, 0.15) is 33.3 Å². The number of benzene rings is 2. The molecule has 1 amide bonds. The predicted molar refractivity (Wildman–Crippen MR) is 110 cm³/mol. The van der Waals surface area contributed by atoms with Crippen molar-refractivity contribution in [2.24, 2.45) is 0 Å². The summed E-state index contributed by atoms with van der Waals surface area (Å²) in [6.07, 6.45) is -3.77. The van der Waals surface area contributed by atoms with Gasteiger partial charge in [-0.1, -0.05) is 29.8 Å². The van der Waals surface area contributed by atoms with E-state index in [-0.39, 0.29) is 17.5 Å². The van der Waals surface area contributed by atoms with Crippen LogP contribution in [0.15, 0.2) is 66.0 Å². The van der Waals surface area contributed by atoms with Gasteiger partial charge in [0, 0.05) is 34.5 Å². The van der Waals surface area contributed by atoms with Crippen LogP contribution in [-0.4, -0.2) is 16.8 Å². The van der Waals surface area contributed by atoms with Gasteiger partial charge in [0.25, 0.3) is 5.91 Å². The molecule has 152 valence electrons. The highest BCUT2D eigenvalue weighted by atomic mass is 35.5. The molecule has 1 heterocycles. The maximum absolute atomic E-state index is 13.2. The molecular weight excluding hydrogens is 419 g/mol. The maximum atomic E-state index is 13.2. The molecule has 0 radical (unpaired) electrons. The summed E-state index contributed by atoms with van der Waals surface area (Å²) in [5.74, 6) is -0.308. The van der Waals surface area contributed by atoms with E-state index >= 15 is 0 Å². The van der Waals surface area contributed by atoms with Crippen LogP contribution in [0.2, 0.25) is 5.02 Å². The third kappa shape index (κ3) is 5.61. The van der Waals surface area contributed by atoms with Crippen molar-refractivity contribution in [1.82, 2.24) is 4.90 Å². The van der Waals surface area contributed by atoms with E-state index in [1.165, 1.54) is 12.1 Å². The van der Waals surface area contributed by atoms with E-state index in [2.05, 4.69) is 0 Å². The van der Waals surface area contributed by atoms with E-state index < -0.39 is 11.7 Å². The number of rotatable bonds is 6. The van der Waals surface area contributed by atoms with Crippen molar-refractivity contribution >= 4 is 28.8 Å². The minimum Gasteiger partial charge on any atom is -0.331 e. The largest absolute Gasteiger partial charge is 0.416 e. The first kappa shape index (κ1) is 21.4. The summed E-state index contributed by atoms with van der Waals surface area (Å²) in [4.78, 5) is 16.0. The van der Waals surface area contributed by atoms with Gasteiger partial charge in [-0.15, -0.1) is 11.3 Å². The Bertz CT molecular complexity index is 938. The van der Waals surface area contributed by atoms with E-state index in [1.54, 1.807) is 28.4 Å². The lowest BCUT2D eigenvalue weighted by molar-refractivity contribution is -0.137. The number of alkyl halides is 3. The molecule has 2 nitrogen and oxygen atoms in total. The van der Waals surface area contributed by atoms with Crippen LogP contribution in [0.5, 0.6) is 0 Å². The van der Waals surface area contributed by atoms with Crippen LogP contribution in [0.3, 0.4) is 0 Å². The number of thiophene rings is 1. The van der Waals surface area contributed by atoms with Crippen molar-refractivity contribution in [2.75, 3.05) is 0 Å². The second kappa shape index (κ2) is 9.01. The van der Waals surface area contributed by atoms with Crippen LogP contribution < -0.4 is 0 Å². The van der Waals surface area contributed by atoms with Crippen molar-refractivity contribution < 1.29 is 18.0 Å². The Morgan fingerprint density at radius 2 is 1.72 bits per heavy atom. The number of amides is 1. The second-order valence-corrected chi connectivity index (χ2v) is 8.24. The molecule has 0 aliphatic heterocycles. The van der Waals surface area contributed by atoms with Crippen LogP contribution in [0, 0.1) is 0 Å².